The first-order chi connectivity index (χ1) is 4.29. The average molecular weight is 126 g/mol. The Hall–Kier alpha value is -0.0400. The molecular formula is C8H14O. The third-order valence-electron chi connectivity index (χ3n) is 3.28. The van der Waals surface area contributed by atoms with Crippen molar-refractivity contribution in [3.63, 3.8) is 0 Å². The molecule has 2 rings (SSSR count). The molecule has 4 atom stereocenters. The van der Waals surface area contributed by atoms with E-state index in [1.54, 1.807) is 0 Å². The first-order valence-corrected chi connectivity index (χ1v) is 3.97. The topological polar surface area (TPSA) is 20.2 Å². The molecule has 0 aromatic rings. The molecule has 52 valence electrons. The molecule has 2 aliphatic carbocycles. The smallest absolute Gasteiger partial charge is 0.0596 e. The SMILES string of the molecule is C[C@H]1[C@H]2CC[C@@H](C2)[C@@H]1O. The van der Waals surface area contributed by atoms with Crippen molar-refractivity contribution < 1.29 is 5.11 Å². The Morgan fingerprint density at radius 2 is 1.89 bits per heavy atom. The lowest BCUT2D eigenvalue weighted by Gasteiger charge is -2.22. The Morgan fingerprint density at radius 3 is 2.22 bits per heavy atom. The quantitative estimate of drug-likeness (QED) is 0.520. The number of aliphatic hydroxyl groups excluding tert-OH is 1. The fourth-order valence-electron chi connectivity index (χ4n) is 2.55. The van der Waals surface area contributed by atoms with Crippen molar-refractivity contribution in [2.24, 2.45) is 17.8 Å². The lowest BCUT2D eigenvalue weighted by Crippen LogP contribution is -2.24. The van der Waals surface area contributed by atoms with Crippen molar-refractivity contribution in [2.75, 3.05) is 0 Å². The second kappa shape index (κ2) is 1.72. The molecule has 0 aromatic heterocycles. The van der Waals surface area contributed by atoms with Crippen LogP contribution in [0.25, 0.3) is 0 Å². The van der Waals surface area contributed by atoms with Gasteiger partial charge in [0.25, 0.3) is 0 Å². The van der Waals surface area contributed by atoms with Crippen molar-refractivity contribution in [3.05, 3.63) is 0 Å². The van der Waals surface area contributed by atoms with E-state index in [2.05, 4.69) is 6.92 Å². The molecule has 0 heterocycles. The highest BCUT2D eigenvalue weighted by molar-refractivity contribution is 4.94. The second-order valence-electron chi connectivity index (χ2n) is 3.68. The highest BCUT2D eigenvalue weighted by Gasteiger charge is 2.43. The van der Waals surface area contributed by atoms with Gasteiger partial charge in [-0.3, -0.25) is 0 Å². The van der Waals surface area contributed by atoms with E-state index in [-0.39, 0.29) is 6.10 Å². The van der Waals surface area contributed by atoms with Crippen LogP contribution in [0.5, 0.6) is 0 Å². The molecule has 2 saturated carbocycles. The van der Waals surface area contributed by atoms with Gasteiger partial charge >= 0.3 is 0 Å². The Balaban J connectivity index is 2.15. The lowest BCUT2D eigenvalue weighted by atomic mass is 9.88. The standard InChI is InChI=1S/C8H14O/c1-5-6-2-3-7(4-6)8(5)9/h5-9H,2-4H2,1H3/t5-,6-,7-,8+/m0/s1. The van der Waals surface area contributed by atoms with Crippen molar-refractivity contribution in [3.8, 4) is 0 Å². The van der Waals surface area contributed by atoms with Gasteiger partial charge in [-0.25, -0.2) is 0 Å². The van der Waals surface area contributed by atoms with Gasteiger partial charge in [-0.2, -0.15) is 0 Å². The number of aliphatic hydroxyl groups is 1. The molecule has 0 spiro atoms. The Labute approximate surface area is 56.1 Å². The monoisotopic (exact) mass is 126 g/mol. The van der Waals surface area contributed by atoms with Crippen molar-refractivity contribution in [1.29, 1.82) is 0 Å². The third kappa shape index (κ3) is 0.644. The summed E-state index contributed by atoms with van der Waals surface area (Å²) in [4.78, 5) is 0. The lowest BCUT2D eigenvalue weighted by molar-refractivity contribution is 0.0677. The van der Waals surface area contributed by atoms with E-state index in [1.165, 1.54) is 19.3 Å². The minimum absolute atomic E-state index is 0.0451. The first kappa shape index (κ1) is 5.72. The van der Waals surface area contributed by atoms with E-state index in [0.29, 0.717) is 11.8 Å². The van der Waals surface area contributed by atoms with E-state index in [0.717, 1.165) is 5.92 Å². The second-order valence-corrected chi connectivity index (χ2v) is 3.68. The molecule has 0 amide bonds. The zero-order valence-electron chi connectivity index (χ0n) is 5.88. The van der Waals surface area contributed by atoms with Crippen LogP contribution in [0.4, 0.5) is 0 Å². The molecule has 1 nitrogen and oxygen atoms in total. The Kier molecular flexibility index (Phi) is 1.10. The summed E-state index contributed by atoms with van der Waals surface area (Å²) >= 11 is 0. The van der Waals surface area contributed by atoms with E-state index in [1.807, 2.05) is 0 Å². The molecule has 2 fully saturated rings. The van der Waals surface area contributed by atoms with Gasteiger partial charge in [-0.05, 0) is 37.0 Å². The van der Waals surface area contributed by atoms with Gasteiger partial charge in [-0.15, -0.1) is 0 Å². The number of hydrogen-bond donors (Lipinski definition) is 1. The normalized spacial score (nSPS) is 56.7. The van der Waals surface area contributed by atoms with Crippen molar-refractivity contribution >= 4 is 0 Å². The maximum absolute atomic E-state index is 9.49. The average Bonchev–Trinajstić information content (AvgIpc) is 2.37. The summed E-state index contributed by atoms with van der Waals surface area (Å²) in [7, 11) is 0. The van der Waals surface area contributed by atoms with Crippen LogP contribution in [0.1, 0.15) is 26.2 Å². The van der Waals surface area contributed by atoms with Crippen molar-refractivity contribution in [2.45, 2.75) is 32.3 Å². The van der Waals surface area contributed by atoms with E-state index < -0.39 is 0 Å². The van der Waals surface area contributed by atoms with Crippen LogP contribution in [-0.4, -0.2) is 11.2 Å². The minimum Gasteiger partial charge on any atom is -0.393 e. The molecule has 0 saturated heterocycles. The van der Waals surface area contributed by atoms with Gasteiger partial charge in [0, 0.05) is 0 Å². The van der Waals surface area contributed by atoms with Crippen LogP contribution in [0.3, 0.4) is 0 Å². The molecule has 2 bridgehead atoms. The summed E-state index contributed by atoms with van der Waals surface area (Å²) in [6, 6.07) is 0. The molecule has 2 aliphatic rings. The highest BCUT2D eigenvalue weighted by atomic mass is 16.3. The van der Waals surface area contributed by atoms with Gasteiger partial charge in [0.05, 0.1) is 6.10 Å². The van der Waals surface area contributed by atoms with Crippen LogP contribution < -0.4 is 0 Å². The summed E-state index contributed by atoms with van der Waals surface area (Å²) < 4.78 is 0. The van der Waals surface area contributed by atoms with Crippen LogP contribution >= 0.6 is 0 Å². The van der Waals surface area contributed by atoms with E-state index >= 15 is 0 Å². The number of fused-ring (bicyclic) bond motifs is 2. The van der Waals surface area contributed by atoms with Crippen LogP contribution in [0.2, 0.25) is 0 Å². The molecule has 0 aliphatic heterocycles. The van der Waals surface area contributed by atoms with Gasteiger partial charge in [0.15, 0.2) is 0 Å². The molecule has 0 unspecified atom stereocenters. The molecule has 0 aromatic carbocycles. The number of hydrogen-bond acceptors (Lipinski definition) is 1. The molecule has 9 heavy (non-hydrogen) atoms. The first-order valence-electron chi connectivity index (χ1n) is 3.97. The van der Waals surface area contributed by atoms with Crippen LogP contribution in [-0.2, 0) is 0 Å². The maximum Gasteiger partial charge on any atom is 0.0596 e. The van der Waals surface area contributed by atoms with Gasteiger partial charge in [-0.1, -0.05) is 6.92 Å². The predicted molar refractivity (Wildman–Crippen MR) is 36.0 cm³/mol. The Bertz CT molecular complexity index is 104. The summed E-state index contributed by atoms with van der Waals surface area (Å²) in [5, 5.41) is 9.49. The highest BCUT2D eigenvalue weighted by Crippen LogP contribution is 2.47. The molecular weight excluding hydrogens is 112 g/mol. The molecule has 1 N–H and O–H groups in total. The number of rotatable bonds is 0. The minimum atomic E-state index is 0.0451. The third-order valence-corrected chi connectivity index (χ3v) is 3.28. The van der Waals surface area contributed by atoms with Gasteiger partial charge in [0.2, 0.25) is 0 Å². The van der Waals surface area contributed by atoms with Crippen molar-refractivity contribution in [1.82, 2.24) is 0 Å². The zero-order chi connectivity index (χ0) is 6.43. The van der Waals surface area contributed by atoms with E-state index in [9.17, 15) is 5.11 Å². The predicted octanol–water partition coefficient (Wildman–Crippen LogP) is 1.41. The fourth-order valence-corrected chi connectivity index (χ4v) is 2.55. The zero-order valence-corrected chi connectivity index (χ0v) is 5.88. The summed E-state index contributed by atoms with van der Waals surface area (Å²) in [5.41, 5.74) is 0. The fraction of sp³-hybridized carbons (Fsp3) is 1.00. The summed E-state index contributed by atoms with van der Waals surface area (Å²) in [6.07, 6.45) is 4.02. The van der Waals surface area contributed by atoms with Crippen LogP contribution in [0, 0.1) is 17.8 Å². The van der Waals surface area contributed by atoms with Gasteiger partial charge < -0.3 is 5.11 Å². The molecule has 1 heteroatoms. The summed E-state index contributed by atoms with van der Waals surface area (Å²) in [6.45, 7) is 2.19. The Morgan fingerprint density at radius 1 is 1.22 bits per heavy atom. The summed E-state index contributed by atoms with van der Waals surface area (Å²) in [5.74, 6) is 2.14. The van der Waals surface area contributed by atoms with E-state index in [4.69, 9.17) is 0 Å². The largest absolute Gasteiger partial charge is 0.393 e. The maximum atomic E-state index is 9.49. The van der Waals surface area contributed by atoms with Crippen LogP contribution in [0.15, 0.2) is 0 Å². The van der Waals surface area contributed by atoms with Gasteiger partial charge in [0.1, 0.15) is 0 Å². The molecule has 0 radical (unpaired) electrons.